The van der Waals surface area contributed by atoms with Crippen molar-refractivity contribution in [2.45, 2.75) is 20.0 Å². The lowest BCUT2D eigenvalue weighted by Gasteiger charge is -2.13. The second-order valence-electron chi connectivity index (χ2n) is 6.77. The third-order valence-corrected chi connectivity index (χ3v) is 5.28. The number of amides is 1. The van der Waals surface area contributed by atoms with Crippen LogP contribution in [0, 0.1) is 6.92 Å². The molecule has 0 radical (unpaired) electrons. The van der Waals surface area contributed by atoms with E-state index in [0.717, 1.165) is 11.3 Å². The zero-order valence-electron chi connectivity index (χ0n) is 16.5. The molecule has 1 atom stereocenters. The van der Waals surface area contributed by atoms with Crippen LogP contribution in [-0.4, -0.2) is 27.9 Å². The summed E-state index contributed by atoms with van der Waals surface area (Å²) < 4.78 is 5.42. The van der Waals surface area contributed by atoms with Gasteiger partial charge in [-0.05, 0) is 26.0 Å². The highest BCUT2D eigenvalue weighted by Crippen LogP contribution is 2.25. The number of nitrogens with one attached hydrogen (secondary N) is 1. The fourth-order valence-corrected chi connectivity index (χ4v) is 3.76. The van der Waals surface area contributed by atoms with E-state index in [1.54, 1.807) is 6.07 Å². The van der Waals surface area contributed by atoms with E-state index in [4.69, 9.17) is 4.74 Å². The lowest BCUT2D eigenvalue weighted by Crippen LogP contribution is -2.30. The number of aryl methyl sites for hydroxylation is 1. The minimum Gasteiger partial charge on any atom is -0.449 e. The highest BCUT2D eigenvalue weighted by molar-refractivity contribution is 7.14. The Morgan fingerprint density at radius 1 is 1.03 bits per heavy atom. The standard InChI is InChI=1S/C23H19N3O3S/c1-14-12-18(17-10-6-7-11-19(17)24-14)22(28)29-15(2)21(27)26-23-25-20(13-30-23)16-8-4-3-5-9-16/h3-13,15H,1-2H3,(H,25,26,27)/t15-/m1/s1. The molecule has 0 aliphatic rings. The molecule has 30 heavy (non-hydrogen) atoms. The predicted molar refractivity (Wildman–Crippen MR) is 118 cm³/mol. The molecule has 0 aliphatic heterocycles. The molecule has 6 nitrogen and oxygen atoms in total. The van der Waals surface area contributed by atoms with Crippen LogP contribution >= 0.6 is 11.3 Å². The van der Waals surface area contributed by atoms with Crippen LogP contribution in [0.5, 0.6) is 0 Å². The number of hydrogen-bond acceptors (Lipinski definition) is 6. The van der Waals surface area contributed by atoms with Crippen molar-refractivity contribution in [1.82, 2.24) is 9.97 Å². The number of thiazole rings is 1. The van der Waals surface area contributed by atoms with Gasteiger partial charge in [0.05, 0.1) is 16.8 Å². The molecule has 0 unspecified atom stereocenters. The molecule has 2 aromatic heterocycles. The van der Waals surface area contributed by atoms with Crippen molar-refractivity contribution in [2.75, 3.05) is 5.32 Å². The molecule has 7 heteroatoms. The summed E-state index contributed by atoms with van der Waals surface area (Å²) in [4.78, 5) is 34.1. The largest absolute Gasteiger partial charge is 0.449 e. The van der Waals surface area contributed by atoms with Crippen LogP contribution in [0.15, 0.2) is 66.0 Å². The highest BCUT2D eigenvalue weighted by atomic mass is 32.1. The lowest BCUT2D eigenvalue weighted by atomic mass is 10.1. The van der Waals surface area contributed by atoms with Crippen molar-refractivity contribution in [3.05, 3.63) is 77.3 Å². The number of fused-ring (bicyclic) bond motifs is 1. The number of esters is 1. The van der Waals surface area contributed by atoms with Gasteiger partial charge in [-0.2, -0.15) is 0 Å². The minimum atomic E-state index is -0.978. The van der Waals surface area contributed by atoms with Gasteiger partial charge >= 0.3 is 5.97 Å². The van der Waals surface area contributed by atoms with E-state index in [1.807, 2.05) is 66.9 Å². The van der Waals surface area contributed by atoms with Gasteiger partial charge in [0.25, 0.3) is 5.91 Å². The van der Waals surface area contributed by atoms with E-state index < -0.39 is 18.0 Å². The Labute approximate surface area is 177 Å². The molecule has 4 aromatic rings. The van der Waals surface area contributed by atoms with Gasteiger partial charge < -0.3 is 4.74 Å². The van der Waals surface area contributed by atoms with Crippen LogP contribution in [0.3, 0.4) is 0 Å². The van der Waals surface area contributed by atoms with E-state index in [-0.39, 0.29) is 0 Å². The Bertz CT molecular complexity index is 1220. The second-order valence-corrected chi connectivity index (χ2v) is 7.63. The highest BCUT2D eigenvalue weighted by Gasteiger charge is 2.22. The SMILES string of the molecule is Cc1cc(C(=O)O[C@H](C)C(=O)Nc2nc(-c3ccccc3)cs2)c2ccccc2n1. The van der Waals surface area contributed by atoms with Gasteiger partial charge in [-0.1, -0.05) is 48.5 Å². The topological polar surface area (TPSA) is 81.2 Å². The van der Waals surface area contributed by atoms with Crippen LogP contribution in [0.2, 0.25) is 0 Å². The number of anilines is 1. The third kappa shape index (κ3) is 4.21. The van der Waals surface area contributed by atoms with Gasteiger partial charge in [0.15, 0.2) is 11.2 Å². The summed E-state index contributed by atoms with van der Waals surface area (Å²) in [5.41, 5.74) is 3.54. The zero-order chi connectivity index (χ0) is 21.1. The Hall–Kier alpha value is -3.58. The molecular formula is C23H19N3O3S. The average Bonchev–Trinajstić information content (AvgIpc) is 3.22. The van der Waals surface area contributed by atoms with Crippen LogP contribution in [-0.2, 0) is 9.53 Å². The lowest BCUT2D eigenvalue weighted by molar-refractivity contribution is -0.123. The Kier molecular flexibility index (Phi) is 5.54. The number of rotatable bonds is 5. The summed E-state index contributed by atoms with van der Waals surface area (Å²) in [5, 5.41) is 5.72. The number of carbonyl (C=O) groups is 2. The first-order valence-electron chi connectivity index (χ1n) is 9.40. The van der Waals surface area contributed by atoms with Gasteiger partial charge in [0.2, 0.25) is 0 Å². The molecule has 2 aromatic carbocycles. The first kappa shape index (κ1) is 19.7. The Morgan fingerprint density at radius 2 is 1.77 bits per heavy atom. The van der Waals surface area contributed by atoms with Gasteiger partial charge in [-0.15, -0.1) is 11.3 Å². The monoisotopic (exact) mass is 417 g/mol. The van der Waals surface area contributed by atoms with Crippen molar-refractivity contribution in [3.8, 4) is 11.3 Å². The average molecular weight is 417 g/mol. The predicted octanol–water partition coefficient (Wildman–Crippen LogP) is 4.85. The number of pyridine rings is 1. The fraction of sp³-hybridized carbons (Fsp3) is 0.130. The zero-order valence-corrected chi connectivity index (χ0v) is 17.3. The van der Waals surface area contributed by atoms with Crippen molar-refractivity contribution >= 4 is 39.2 Å². The summed E-state index contributed by atoms with van der Waals surface area (Å²) in [5.74, 6) is -1.00. The normalized spacial score (nSPS) is 11.8. The van der Waals surface area contributed by atoms with Crippen LogP contribution < -0.4 is 5.32 Å². The van der Waals surface area contributed by atoms with Crippen LogP contribution in [0.1, 0.15) is 23.0 Å². The van der Waals surface area contributed by atoms with Gasteiger partial charge in [0.1, 0.15) is 0 Å². The van der Waals surface area contributed by atoms with Gasteiger partial charge in [0, 0.05) is 22.0 Å². The smallest absolute Gasteiger partial charge is 0.339 e. The maximum Gasteiger partial charge on any atom is 0.339 e. The van der Waals surface area contributed by atoms with Crippen molar-refractivity contribution in [1.29, 1.82) is 0 Å². The first-order chi connectivity index (χ1) is 14.5. The number of para-hydroxylation sites is 1. The van der Waals surface area contributed by atoms with Crippen molar-refractivity contribution in [3.63, 3.8) is 0 Å². The fourth-order valence-electron chi connectivity index (χ4n) is 3.03. The number of ether oxygens (including phenoxy) is 1. The first-order valence-corrected chi connectivity index (χ1v) is 10.3. The van der Waals surface area contributed by atoms with Crippen molar-refractivity contribution in [2.24, 2.45) is 0 Å². The second kappa shape index (κ2) is 8.42. The maximum absolute atomic E-state index is 12.7. The molecule has 0 bridgehead atoms. The van der Waals surface area contributed by atoms with Crippen LogP contribution in [0.25, 0.3) is 22.2 Å². The Balaban J connectivity index is 1.45. The van der Waals surface area contributed by atoms with Gasteiger partial charge in [-0.3, -0.25) is 15.1 Å². The molecule has 4 rings (SSSR count). The number of aromatic nitrogens is 2. The van der Waals surface area contributed by atoms with E-state index in [0.29, 0.717) is 27.3 Å². The van der Waals surface area contributed by atoms with Crippen molar-refractivity contribution < 1.29 is 14.3 Å². The Morgan fingerprint density at radius 3 is 2.57 bits per heavy atom. The molecular weight excluding hydrogens is 398 g/mol. The minimum absolute atomic E-state index is 0.387. The quantitative estimate of drug-likeness (QED) is 0.470. The molecule has 2 heterocycles. The summed E-state index contributed by atoms with van der Waals surface area (Å²) in [6.07, 6.45) is -0.978. The summed E-state index contributed by atoms with van der Waals surface area (Å²) in [6.45, 7) is 3.35. The number of nitrogens with zero attached hydrogens (tertiary/aromatic N) is 2. The molecule has 150 valence electrons. The third-order valence-electron chi connectivity index (χ3n) is 4.52. The summed E-state index contributed by atoms with van der Waals surface area (Å²) >= 11 is 1.32. The van der Waals surface area contributed by atoms with Crippen LogP contribution in [0.4, 0.5) is 5.13 Å². The van der Waals surface area contributed by atoms with E-state index in [9.17, 15) is 9.59 Å². The molecule has 0 spiro atoms. The molecule has 0 aliphatic carbocycles. The number of hydrogen-bond donors (Lipinski definition) is 1. The number of carbonyl (C=O) groups excluding carboxylic acids is 2. The molecule has 0 saturated heterocycles. The molecule has 1 N–H and O–H groups in total. The molecule has 0 fully saturated rings. The molecule has 1 amide bonds. The summed E-state index contributed by atoms with van der Waals surface area (Å²) in [6, 6.07) is 18.7. The number of benzene rings is 2. The summed E-state index contributed by atoms with van der Waals surface area (Å²) in [7, 11) is 0. The van der Waals surface area contributed by atoms with Gasteiger partial charge in [-0.25, -0.2) is 9.78 Å². The van der Waals surface area contributed by atoms with E-state index >= 15 is 0 Å². The maximum atomic E-state index is 12.7. The molecule has 0 saturated carbocycles. The van der Waals surface area contributed by atoms with E-state index in [1.165, 1.54) is 18.3 Å². The van der Waals surface area contributed by atoms with E-state index in [2.05, 4.69) is 15.3 Å².